The lowest BCUT2D eigenvalue weighted by Crippen LogP contribution is -2.33. The maximum Gasteiger partial charge on any atom is 0.351 e. The molecule has 0 N–H and O–H groups in total. The third-order valence-corrected chi connectivity index (χ3v) is 8.08. The molecule has 0 bridgehead atoms. The van der Waals surface area contributed by atoms with Crippen LogP contribution in [-0.2, 0) is 19.5 Å². The minimum Gasteiger partial charge on any atom is -0.351 e. The SMILES string of the molecule is Cc1c(N2CCc3ncc(-c4cccc5ncccc45)cc3C2)nc2nn(CC3(C#N)CC3)c(=O)n2c1C. The van der Waals surface area contributed by atoms with E-state index in [0.717, 1.165) is 70.6 Å². The summed E-state index contributed by atoms with van der Waals surface area (Å²) >= 11 is 0. The predicted molar refractivity (Wildman–Crippen MR) is 144 cm³/mol. The number of fused-ring (bicyclic) bond motifs is 3. The van der Waals surface area contributed by atoms with Crippen LogP contribution in [0.2, 0.25) is 0 Å². The second-order valence-corrected chi connectivity index (χ2v) is 10.5. The van der Waals surface area contributed by atoms with Gasteiger partial charge >= 0.3 is 5.69 Å². The number of aryl methyl sites for hydroxylation is 1. The lowest BCUT2D eigenvalue weighted by molar-refractivity contribution is 0.472. The molecule has 0 unspecified atom stereocenters. The molecule has 7 rings (SSSR count). The van der Waals surface area contributed by atoms with Crippen molar-refractivity contribution in [3.05, 3.63) is 81.8 Å². The van der Waals surface area contributed by atoms with Crippen molar-refractivity contribution in [3.63, 3.8) is 0 Å². The molecule has 0 amide bonds. The van der Waals surface area contributed by atoms with Crippen LogP contribution in [0.1, 0.15) is 35.4 Å². The number of rotatable bonds is 4. The van der Waals surface area contributed by atoms with Gasteiger partial charge in [0.25, 0.3) is 5.78 Å². The molecule has 1 aromatic carbocycles. The number of nitrogens with zero attached hydrogens (tertiary/aromatic N) is 8. The Balaban J connectivity index is 1.26. The molecule has 5 aromatic rings. The van der Waals surface area contributed by atoms with E-state index in [0.29, 0.717) is 18.9 Å². The number of benzene rings is 1. The quantitative estimate of drug-likeness (QED) is 0.366. The van der Waals surface area contributed by atoms with Crippen LogP contribution in [0.15, 0.2) is 53.6 Å². The van der Waals surface area contributed by atoms with Crippen LogP contribution in [0.25, 0.3) is 27.8 Å². The Bertz CT molecular complexity index is 1850. The van der Waals surface area contributed by atoms with E-state index in [4.69, 9.17) is 9.97 Å². The molecule has 0 saturated heterocycles. The van der Waals surface area contributed by atoms with E-state index in [1.807, 2.05) is 44.4 Å². The molecule has 0 radical (unpaired) electrons. The zero-order valence-electron chi connectivity index (χ0n) is 21.3. The van der Waals surface area contributed by atoms with Gasteiger partial charge < -0.3 is 4.90 Å². The molecule has 1 fully saturated rings. The maximum atomic E-state index is 13.1. The molecule has 1 aliphatic carbocycles. The predicted octanol–water partition coefficient (Wildman–Crippen LogP) is 3.98. The van der Waals surface area contributed by atoms with Crippen LogP contribution in [-0.4, -0.2) is 35.7 Å². The summed E-state index contributed by atoms with van der Waals surface area (Å²) in [5, 5.41) is 15.1. The van der Waals surface area contributed by atoms with Crippen LogP contribution >= 0.6 is 0 Å². The van der Waals surface area contributed by atoms with E-state index in [1.165, 1.54) is 10.2 Å². The first-order valence-corrected chi connectivity index (χ1v) is 12.9. The summed E-state index contributed by atoms with van der Waals surface area (Å²) in [4.78, 5) is 29.6. The second kappa shape index (κ2) is 8.21. The lowest BCUT2D eigenvalue weighted by Gasteiger charge is -2.31. The zero-order valence-corrected chi connectivity index (χ0v) is 21.3. The van der Waals surface area contributed by atoms with E-state index >= 15 is 0 Å². The van der Waals surface area contributed by atoms with Crippen molar-refractivity contribution in [3.8, 4) is 17.2 Å². The summed E-state index contributed by atoms with van der Waals surface area (Å²) in [6, 6.07) is 14.8. The van der Waals surface area contributed by atoms with Gasteiger partial charge in [-0.25, -0.2) is 13.9 Å². The van der Waals surface area contributed by atoms with Gasteiger partial charge in [-0.2, -0.15) is 10.2 Å². The standard InChI is InChI=1S/C29H26N8O/c1-18-19(2)37-27(34-36(28(37)38)17-29(16-30)9-10-29)33-26(18)35-12-8-24-21(15-35)13-20(14-32-24)22-5-3-7-25-23(22)6-4-11-31-25/h3-7,11,13-14H,8-10,12,15,17H2,1-2H3. The normalized spacial score (nSPS) is 16.0. The van der Waals surface area contributed by atoms with Gasteiger partial charge in [-0.1, -0.05) is 18.2 Å². The minimum absolute atomic E-state index is 0.233. The first-order chi connectivity index (χ1) is 18.5. The zero-order chi connectivity index (χ0) is 26.0. The van der Waals surface area contributed by atoms with Crippen LogP contribution in [0, 0.1) is 30.6 Å². The Morgan fingerprint density at radius 1 is 1.13 bits per heavy atom. The smallest absolute Gasteiger partial charge is 0.351 e. The highest BCUT2D eigenvalue weighted by Crippen LogP contribution is 2.46. The minimum atomic E-state index is -0.463. The highest BCUT2D eigenvalue weighted by Gasteiger charge is 2.44. The number of nitriles is 1. The van der Waals surface area contributed by atoms with Crippen molar-refractivity contribution in [1.29, 1.82) is 5.26 Å². The Morgan fingerprint density at radius 3 is 2.82 bits per heavy atom. The molecule has 9 heteroatoms. The molecular formula is C29H26N8O. The van der Waals surface area contributed by atoms with Crippen molar-refractivity contribution < 1.29 is 0 Å². The van der Waals surface area contributed by atoms with Crippen molar-refractivity contribution in [2.75, 3.05) is 11.4 Å². The summed E-state index contributed by atoms with van der Waals surface area (Å²) < 4.78 is 2.98. The number of aromatic nitrogens is 6. The summed E-state index contributed by atoms with van der Waals surface area (Å²) in [6.45, 7) is 5.71. The fraction of sp³-hybridized carbons (Fsp3) is 0.310. The van der Waals surface area contributed by atoms with Crippen LogP contribution < -0.4 is 10.6 Å². The molecular weight excluding hydrogens is 476 g/mol. The number of hydrogen-bond donors (Lipinski definition) is 0. The Morgan fingerprint density at radius 2 is 2.00 bits per heavy atom. The van der Waals surface area contributed by atoms with Gasteiger partial charge in [-0.05, 0) is 56.0 Å². The molecule has 2 aliphatic rings. The summed E-state index contributed by atoms with van der Waals surface area (Å²) in [5.41, 5.74) is 6.49. The van der Waals surface area contributed by atoms with Gasteiger partial charge in [0.15, 0.2) is 0 Å². The first-order valence-electron chi connectivity index (χ1n) is 12.9. The monoisotopic (exact) mass is 502 g/mol. The molecule has 1 aliphatic heterocycles. The summed E-state index contributed by atoms with van der Waals surface area (Å²) in [5.74, 6) is 1.21. The van der Waals surface area contributed by atoms with Gasteiger partial charge in [0, 0.05) is 59.8 Å². The largest absolute Gasteiger partial charge is 0.351 e. The van der Waals surface area contributed by atoms with Gasteiger partial charge in [0.05, 0.1) is 23.5 Å². The van der Waals surface area contributed by atoms with Crippen LogP contribution in [0.5, 0.6) is 0 Å². The molecule has 9 nitrogen and oxygen atoms in total. The van der Waals surface area contributed by atoms with Gasteiger partial charge in [-0.3, -0.25) is 9.97 Å². The highest BCUT2D eigenvalue weighted by atomic mass is 16.2. The fourth-order valence-electron chi connectivity index (χ4n) is 5.53. The molecule has 5 heterocycles. The molecule has 38 heavy (non-hydrogen) atoms. The van der Waals surface area contributed by atoms with Crippen LogP contribution in [0.4, 0.5) is 5.82 Å². The average molecular weight is 503 g/mol. The molecule has 0 spiro atoms. The molecule has 188 valence electrons. The molecule has 0 atom stereocenters. The van der Waals surface area contributed by atoms with Gasteiger partial charge in [0.2, 0.25) is 0 Å². The number of hydrogen-bond acceptors (Lipinski definition) is 7. The number of pyridine rings is 2. The van der Waals surface area contributed by atoms with E-state index < -0.39 is 5.41 Å². The Hall–Kier alpha value is -4.58. The average Bonchev–Trinajstić information content (AvgIpc) is 3.66. The van der Waals surface area contributed by atoms with Crippen molar-refractivity contribution >= 4 is 22.5 Å². The third kappa shape index (κ3) is 3.48. The fourth-order valence-corrected chi connectivity index (χ4v) is 5.53. The van der Waals surface area contributed by atoms with Crippen molar-refractivity contribution in [2.24, 2.45) is 5.41 Å². The summed E-state index contributed by atoms with van der Waals surface area (Å²) in [7, 11) is 0. The van der Waals surface area contributed by atoms with Crippen molar-refractivity contribution in [1.82, 2.24) is 29.1 Å². The third-order valence-electron chi connectivity index (χ3n) is 8.08. The van der Waals surface area contributed by atoms with Gasteiger partial charge in [-0.15, -0.1) is 5.10 Å². The highest BCUT2D eigenvalue weighted by molar-refractivity contribution is 5.94. The lowest BCUT2D eigenvalue weighted by atomic mass is 9.97. The number of anilines is 1. The topological polar surface area (TPSA) is 105 Å². The van der Waals surface area contributed by atoms with E-state index in [2.05, 4.69) is 39.3 Å². The Labute approximate surface area is 219 Å². The maximum absolute atomic E-state index is 13.1. The van der Waals surface area contributed by atoms with E-state index in [9.17, 15) is 10.1 Å². The Kier molecular flexibility index (Phi) is 4.89. The van der Waals surface area contributed by atoms with E-state index in [-0.39, 0.29) is 5.69 Å². The first kappa shape index (κ1) is 22.6. The van der Waals surface area contributed by atoms with Gasteiger partial charge in [0.1, 0.15) is 5.82 Å². The molecule has 1 saturated carbocycles. The molecule has 4 aromatic heterocycles. The van der Waals surface area contributed by atoms with E-state index in [1.54, 1.807) is 4.40 Å². The van der Waals surface area contributed by atoms with Crippen LogP contribution in [0.3, 0.4) is 0 Å². The second-order valence-electron chi connectivity index (χ2n) is 10.5. The summed E-state index contributed by atoms with van der Waals surface area (Å²) in [6.07, 6.45) is 6.19. The van der Waals surface area contributed by atoms with Crippen molar-refractivity contribution in [2.45, 2.75) is 46.2 Å².